The minimum Gasteiger partial charge on any atom is -0.256 e. The third-order valence-electron chi connectivity index (χ3n) is 3.92. The van der Waals surface area contributed by atoms with Crippen molar-refractivity contribution >= 4 is 10.8 Å². The van der Waals surface area contributed by atoms with E-state index >= 15 is 0 Å². The van der Waals surface area contributed by atoms with Gasteiger partial charge in [0.25, 0.3) is 0 Å². The molecule has 0 amide bonds. The molecule has 0 N–H and O–H groups in total. The van der Waals surface area contributed by atoms with Crippen molar-refractivity contribution in [1.82, 2.24) is 4.98 Å². The van der Waals surface area contributed by atoms with E-state index in [1.807, 2.05) is 30.5 Å². The first-order valence-electron chi connectivity index (χ1n) is 7.41. The van der Waals surface area contributed by atoms with Gasteiger partial charge in [-0.05, 0) is 22.6 Å². The Hall–Kier alpha value is -2.93. The lowest BCUT2D eigenvalue weighted by molar-refractivity contribution is 1.36. The normalized spacial score (nSPS) is 10.7. The molecule has 0 aliphatic carbocycles. The molecule has 22 heavy (non-hydrogen) atoms. The van der Waals surface area contributed by atoms with E-state index in [0.717, 1.165) is 11.3 Å². The number of aromatic nitrogens is 1. The molecule has 104 valence electrons. The summed E-state index contributed by atoms with van der Waals surface area (Å²) < 4.78 is 0. The molecule has 0 unspecified atom stereocenters. The first-order chi connectivity index (χ1) is 10.9. The molecule has 0 saturated heterocycles. The van der Waals surface area contributed by atoms with E-state index in [9.17, 15) is 0 Å². The van der Waals surface area contributed by atoms with Gasteiger partial charge >= 0.3 is 0 Å². The minimum absolute atomic E-state index is 1.01. The number of benzene rings is 3. The molecule has 0 atom stereocenters. The summed E-state index contributed by atoms with van der Waals surface area (Å²) in [5.41, 5.74) is 4.61. The second-order valence-electron chi connectivity index (χ2n) is 5.33. The average molecular weight is 281 g/mol. The summed E-state index contributed by atoms with van der Waals surface area (Å²) in [5.74, 6) is 0. The van der Waals surface area contributed by atoms with Gasteiger partial charge in [0.15, 0.2) is 0 Å². The predicted octanol–water partition coefficient (Wildman–Crippen LogP) is 5.57. The van der Waals surface area contributed by atoms with Gasteiger partial charge in [0.05, 0.1) is 5.69 Å². The van der Waals surface area contributed by atoms with E-state index in [1.54, 1.807) is 0 Å². The highest BCUT2D eigenvalue weighted by Crippen LogP contribution is 2.30. The second kappa shape index (κ2) is 5.45. The van der Waals surface area contributed by atoms with Crippen molar-refractivity contribution in [2.24, 2.45) is 0 Å². The van der Waals surface area contributed by atoms with Crippen LogP contribution in [0.15, 0.2) is 91.1 Å². The van der Waals surface area contributed by atoms with Crippen molar-refractivity contribution in [3.05, 3.63) is 91.1 Å². The van der Waals surface area contributed by atoms with Crippen molar-refractivity contribution < 1.29 is 0 Å². The van der Waals surface area contributed by atoms with Crippen molar-refractivity contribution in [3.63, 3.8) is 0 Å². The van der Waals surface area contributed by atoms with Gasteiger partial charge < -0.3 is 0 Å². The molecule has 0 fully saturated rings. The molecule has 1 heteroatoms. The molecule has 1 nitrogen and oxygen atoms in total. The van der Waals surface area contributed by atoms with Gasteiger partial charge in [0.2, 0.25) is 0 Å². The zero-order valence-corrected chi connectivity index (χ0v) is 12.1. The Bertz CT molecular complexity index is 912. The van der Waals surface area contributed by atoms with Crippen LogP contribution in [-0.4, -0.2) is 4.98 Å². The number of hydrogen-bond donors (Lipinski definition) is 0. The van der Waals surface area contributed by atoms with Crippen molar-refractivity contribution in [2.75, 3.05) is 0 Å². The molecule has 0 bridgehead atoms. The molecular formula is C21H15N. The van der Waals surface area contributed by atoms with Crippen LogP contribution in [0.25, 0.3) is 33.2 Å². The van der Waals surface area contributed by atoms with Gasteiger partial charge in [-0.25, -0.2) is 0 Å². The number of pyridine rings is 1. The summed E-state index contributed by atoms with van der Waals surface area (Å²) in [6.45, 7) is 0. The van der Waals surface area contributed by atoms with E-state index in [4.69, 9.17) is 0 Å². The van der Waals surface area contributed by atoms with Crippen LogP contribution in [0.1, 0.15) is 0 Å². The fourth-order valence-corrected chi connectivity index (χ4v) is 2.81. The summed E-state index contributed by atoms with van der Waals surface area (Å²) in [7, 11) is 0. The van der Waals surface area contributed by atoms with Crippen LogP contribution in [-0.2, 0) is 0 Å². The Morgan fingerprint density at radius 1 is 0.591 bits per heavy atom. The molecule has 0 aliphatic rings. The Morgan fingerprint density at radius 2 is 1.27 bits per heavy atom. The molecule has 4 aromatic rings. The fraction of sp³-hybridized carbons (Fsp3) is 0. The van der Waals surface area contributed by atoms with Gasteiger partial charge in [-0.1, -0.05) is 78.9 Å². The van der Waals surface area contributed by atoms with E-state index < -0.39 is 0 Å². The van der Waals surface area contributed by atoms with E-state index in [-0.39, 0.29) is 0 Å². The monoisotopic (exact) mass is 281 g/mol. The smallest absolute Gasteiger partial charge is 0.0708 e. The lowest BCUT2D eigenvalue weighted by atomic mass is 9.98. The highest BCUT2D eigenvalue weighted by Gasteiger charge is 2.06. The summed E-state index contributed by atoms with van der Waals surface area (Å²) in [5, 5.41) is 2.41. The standard InChI is InChI=1S/C21H15N/c1-3-8-16(9-4-1)19-13-7-12-18-14-21(22-15-20(18)19)17-10-5-2-6-11-17/h1-15H. The van der Waals surface area contributed by atoms with E-state index in [1.165, 1.54) is 21.9 Å². The van der Waals surface area contributed by atoms with Gasteiger partial charge in [0, 0.05) is 17.1 Å². The third-order valence-corrected chi connectivity index (χ3v) is 3.92. The highest BCUT2D eigenvalue weighted by atomic mass is 14.7. The molecule has 0 aliphatic heterocycles. The molecule has 1 heterocycles. The molecular weight excluding hydrogens is 266 g/mol. The Balaban J connectivity index is 1.90. The van der Waals surface area contributed by atoms with Crippen LogP contribution < -0.4 is 0 Å². The zero-order chi connectivity index (χ0) is 14.8. The van der Waals surface area contributed by atoms with Gasteiger partial charge in [-0.3, -0.25) is 4.98 Å². The Kier molecular flexibility index (Phi) is 3.17. The van der Waals surface area contributed by atoms with E-state index in [0.29, 0.717) is 0 Å². The van der Waals surface area contributed by atoms with Crippen LogP contribution in [0.2, 0.25) is 0 Å². The average Bonchev–Trinajstić information content (AvgIpc) is 2.62. The number of fused-ring (bicyclic) bond motifs is 1. The van der Waals surface area contributed by atoms with Crippen LogP contribution in [0.5, 0.6) is 0 Å². The van der Waals surface area contributed by atoms with Crippen LogP contribution in [0, 0.1) is 0 Å². The maximum Gasteiger partial charge on any atom is 0.0708 e. The number of nitrogens with zero attached hydrogens (tertiary/aromatic N) is 1. The lowest BCUT2D eigenvalue weighted by Gasteiger charge is -2.08. The molecule has 0 saturated carbocycles. The van der Waals surface area contributed by atoms with Crippen LogP contribution in [0.3, 0.4) is 0 Å². The molecule has 3 aromatic carbocycles. The largest absolute Gasteiger partial charge is 0.256 e. The second-order valence-corrected chi connectivity index (χ2v) is 5.33. The van der Waals surface area contributed by atoms with Crippen LogP contribution >= 0.6 is 0 Å². The van der Waals surface area contributed by atoms with Crippen molar-refractivity contribution in [3.8, 4) is 22.4 Å². The Morgan fingerprint density at radius 3 is 2.00 bits per heavy atom. The highest BCUT2D eigenvalue weighted by molar-refractivity contribution is 5.97. The maximum absolute atomic E-state index is 4.66. The maximum atomic E-state index is 4.66. The predicted molar refractivity (Wildman–Crippen MR) is 92.6 cm³/mol. The van der Waals surface area contributed by atoms with Gasteiger partial charge in [0.1, 0.15) is 0 Å². The summed E-state index contributed by atoms with van der Waals surface area (Å²) >= 11 is 0. The first kappa shape index (κ1) is 12.8. The van der Waals surface area contributed by atoms with Crippen molar-refractivity contribution in [1.29, 1.82) is 0 Å². The molecule has 0 radical (unpaired) electrons. The fourth-order valence-electron chi connectivity index (χ4n) is 2.81. The molecule has 4 rings (SSSR count). The summed E-state index contributed by atoms with van der Waals surface area (Å²) in [6.07, 6.45) is 1.99. The topological polar surface area (TPSA) is 12.9 Å². The molecule has 0 spiro atoms. The Labute approximate surface area is 129 Å². The lowest BCUT2D eigenvalue weighted by Crippen LogP contribution is -1.86. The summed E-state index contributed by atoms with van der Waals surface area (Å²) in [4.78, 5) is 4.66. The SMILES string of the molecule is c1ccc(-c2cc3cccc(-c4ccccc4)c3cn2)cc1. The van der Waals surface area contributed by atoms with Crippen LogP contribution in [0.4, 0.5) is 0 Å². The van der Waals surface area contributed by atoms with E-state index in [2.05, 4.69) is 65.6 Å². The van der Waals surface area contributed by atoms with Gasteiger partial charge in [-0.2, -0.15) is 0 Å². The molecule has 1 aromatic heterocycles. The quantitative estimate of drug-likeness (QED) is 0.468. The number of hydrogen-bond acceptors (Lipinski definition) is 1. The first-order valence-corrected chi connectivity index (χ1v) is 7.41. The zero-order valence-electron chi connectivity index (χ0n) is 12.1. The minimum atomic E-state index is 1.01. The van der Waals surface area contributed by atoms with Gasteiger partial charge in [-0.15, -0.1) is 0 Å². The summed E-state index contributed by atoms with van der Waals surface area (Å²) in [6, 6.07) is 29.3. The third kappa shape index (κ3) is 2.27. The van der Waals surface area contributed by atoms with Crippen molar-refractivity contribution in [2.45, 2.75) is 0 Å². The number of rotatable bonds is 2.